The zero-order valence-electron chi connectivity index (χ0n) is 17.4. The summed E-state index contributed by atoms with van der Waals surface area (Å²) >= 11 is 0. The summed E-state index contributed by atoms with van der Waals surface area (Å²) in [6, 6.07) is 17.2. The van der Waals surface area contributed by atoms with Crippen molar-refractivity contribution in [3.63, 3.8) is 0 Å². The fourth-order valence-electron chi connectivity index (χ4n) is 2.96. The van der Waals surface area contributed by atoms with E-state index in [1.165, 1.54) is 12.1 Å². The number of aromatic amines is 1. The van der Waals surface area contributed by atoms with Crippen molar-refractivity contribution in [3.8, 4) is 5.75 Å². The molecule has 6 nitrogen and oxygen atoms in total. The van der Waals surface area contributed by atoms with Gasteiger partial charge in [0, 0.05) is 6.07 Å². The van der Waals surface area contributed by atoms with Crippen LogP contribution in [0, 0.1) is 5.82 Å². The predicted molar refractivity (Wildman–Crippen MR) is 116 cm³/mol. The third-order valence-electron chi connectivity index (χ3n) is 4.87. The van der Waals surface area contributed by atoms with Gasteiger partial charge >= 0.3 is 6.09 Å². The van der Waals surface area contributed by atoms with Crippen molar-refractivity contribution in [3.05, 3.63) is 77.6 Å². The van der Waals surface area contributed by atoms with Crippen LogP contribution in [0.2, 0.25) is 0 Å². The normalized spacial score (nSPS) is 11.2. The number of H-pyrrole nitrogens is 1. The van der Waals surface area contributed by atoms with Gasteiger partial charge in [0.1, 0.15) is 17.3 Å². The fourth-order valence-corrected chi connectivity index (χ4v) is 2.96. The van der Waals surface area contributed by atoms with Crippen LogP contribution in [0.1, 0.15) is 37.3 Å². The van der Waals surface area contributed by atoms with Gasteiger partial charge in [0.2, 0.25) is 11.6 Å². The van der Waals surface area contributed by atoms with Crippen molar-refractivity contribution >= 4 is 23.4 Å². The molecular weight excluding hydrogens is 419 g/mol. The number of hydrogen-bond donors (Lipinski definition) is 3. The number of aromatic nitrogens is 1. The second kappa shape index (κ2) is 11.2. The van der Waals surface area contributed by atoms with Crippen LogP contribution in [-0.4, -0.2) is 6.09 Å². The molecule has 0 spiro atoms. The lowest BCUT2D eigenvalue weighted by atomic mass is 9.98. The molecule has 0 fully saturated rings. The van der Waals surface area contributed by atoms with E-state index in [9.17, 15) is 9.18 Å². The lowest BCUT2D eigenvalue weighted by molar-refractivity contribution is -0.342. The van der Waals surface area contributed by atoms with Gasteiger partial charge in [-0.1, -0.05) is 44.2 Å². The first-order chi connectivity index (χ1) is 14.5. The van der Waals surface area contributed by atoms with Gasteiger partial charge in [-0.05, 0) is 47.7 Å². The number of carbonyl (C=O) groups excluding carboxylic acids is 1. The quantitative estimate of drug-likeness (QED) is 0.519. The summed E-state index contributed by atoms with van der Waals surface area (Å²) in [5, 5.41) is 5.83. The van der Waals surface area contributed by atoms with E-state index in [-0.39, 0.29) is 30.0 Å². The van der Waals surface area contributed by atoms with Crippen LogP contribution in [-0.2, 0) is 6.54 Å². The average molecular weight is 445 g/mol. The SMILES string of the molecule is CCC(C)c1ccccc1OC(=O)Nc1ccc(NCc2ccc(F)cc2)[nH+]c1N.[Cl-]. The Morgan fingerprint density at radius 1 is 1.13 bits per heavy atom. The standard InChI is InChI=1S/C23H25FN4O2.ClH/c1-3-15(2)18-6-4-5-7-20(18)30-23(29)27-19-12-13-21(28-22(19)25)26-14-16-8-10-17(24)11-9-16;/h4-13,15H,3,14H2,1-2H3,(H,27,29)(H3,25,26,28);1H. The number of rotatable bonds is 7. The van der Waals surface area contributed by atoms with Crippen LogP contribution in [0.3, 0.4) is 0 Å². The zero-order valence-corrected chi connectivity index (χ0v) is 18.2. The molecule has 1 atom stereocenters. The van der Waals surface area contributed by atoms with E-state index in [0.29, 0.717) is 23.8 Å². The summed E-state index contributed by atoms with van der Waals surface area (Å²) in [5.41, 5.74) is 8.35. The van der Waals surface area contributed by atoms with Gasteiger partial charge in [-0.3, -0.25) is 5.32 Å². The van der Waals surface area contributed by atoms with E-state index >= 15 is 0 Å². The maximum absolute atomic E-state index is 13.0. The second-order valence-corrected chi connectivity index (χ2v) is 7.04. The second-order valence-electron chi connectivity index (χ2n) is 7.04. The highest BCUT2D eigenvalue weighted by molar-refractivity contribution is 5.89. The Kier molecular flexibility index (Phi) is 8.63. The number of nitrogen functional groups attached to an aromatic ring is 1. The van der Waals surface area contributed by atoms with E-state index in [1.54, 1.807) is 30.3 Å². The molecule has 3 rings (SSSR count). The number of nitrogens with one attached hydrogen (secondary N) is 3. The van der Waals surface area contributed by atoms with Gasteiger partial charge in [0.25, 0.3) is 0 Å². The zero-order chi connectivity index (χ0) is 21.5. The topological polar surface area (TPSA) is 90.5 Å². The van der Waals surface area contributed by atoms with Crippen LogP contribution in [0.4, 0.5) is 26.5 Å². The highest BCUT2D eigenvalue weighted by atomic mass is 35.5. The van der Waals surface area contributed by atoms with Gasteiger partial charge < -0.3 is 28.2 Å². The molecule has 0 aliphatic rings. The smallest absolute Gasteiger partial charge is 0.417 e. The van der Waals surface area contributed by atoms with E-state index in [4.69, 9.17) is 10.5 Å². The van der Waals surface area contributed by atoms with Crippen LogP contribution in [0.25, 0.3) is 0 Å². The van der Waals surface area contributed by atoms with Gasteiger partial charge in [-0.25, -0.2) is 14.2 Å². The number of benzene rings is 2. The molecule has 0 saturated heterocycles. The molecule has 1 heterocycles. The molecule has 0 bridgehead atoms. The summed E-state index contributed by atoms with van der Waals surface area (Å²) in [7, 11) is 0. The molecule has 0 saturated carbocycles. The van der Waals surface area contributed by atoms with Gasteiger partial charge in [0.05, 0.1) is 6.54 Å². The van der Waals surface area contributed by atoms with Crippen molar-refractivity contribution in [1.82, 2.24) is 0 Å². The molecular formula is C23H26ClFN4O2. The summed E-state index contributed by atoms with van der Waals surface area (Å²) in [5.74, 6) is 1.48. The first-order valence-corrected chi connectivity index (χ1v) is 9.84. The molecule has 31 heavy (non-hydrogen) atoms. The minimum atomic E-state index is -0.613. The molecule has 1 amide bonds. The molecule has 1 aromatic heterocycles. The first kappa shape index (κ1) is 24.0. The minimum absolute atomic E-state index is 0. The minimum Gasteiger partial charge on any atom is -1.00 e. The lowest BCUT2D eigenvalue weighted by Crippen LogP contribution is -3.00. The van der Waals surface area contributed by atoms with Crippen molar-refractivity contribution in [2.24, 2.45) is 0 Å². The van der Waals surface area contributed by atoms with Gasteiger partial charge in [-0.2, -0.15) is 0 Å². The number of pyridine rings is 1. The molecule has 0 aliphatic heterocycles. The number of carbonyl (C=O) groups is 1. The van der Waals surface area contributed by atoms with Gasteiger partial charge in [0.15, 0.2) is 0 Å². The van der Waals surface area contributed by atoms with Gasteiger partial charge in [-0.15, -0.1) is 0 Å². The van der Waals surface area contributed by atoms with Crippen LogP contribution >= 0.6 is 0 Å². The van der Waals surface area contributed by atoms with E-state index in [2.05, 4.69) is 29.5 Å². The molecule has 5 N–H and O–H groups in total. The number of halogens is 2. The van der Waals surface area contributed by atoms with Crippen molar-refractivity contribution in [1.29, 1.82) is 0 Å². The Labute approximate surface area is 187 Å². The number of para-hydroxylation sites is 1. The van der Waals surface area contributed by atoms with E-state index in [1.807, 2.05) is 18.2 Å². The molecule has 2 aromatic carbocycles. The summed E-state index contributed by atoms with van der Waals surface area (Å²) in [6.45, 7) is 4.67. The first-order valence-electron chi connectivity index (χ1n) is 9.84. The fraction of sp³-hybridized carbons (Fsp3) is 0.217. The molecule has 0 radical (unpaired) electrons. The molecule has 3 aromatic rings. The molecule has 0 aliphatic carbocycles. The average Bonchev–Trinajstić information content (AvgIpc) is 2.75. The molecule has 164 valence electrons. The van der Waals surface area contributed by atoms with E-state index in [0.717, 1.165) is 17.5 Å². The number of ether oxygens (including phenoxy) is 1. The molecule has 1 unspecified atom stereocenters. The molecule has 8 heteroatoms. The summed E-state index contributed by atoms with van der Waals surface area (Å²) in [4.78, 5) is 15.4. The van der Waals surface area contributed by atoms with Crippen LogP contribution < -0.4 is 38.5 Å². The maximum atomic E-state index is 13.0. The Balaban J connectivity index is 0.00000341. The van der Waals surface area contributed by atoms with Crippen molar-refractivity contribution in [2.45, 2.75) is 32.7 Å². The highest BCUT2D eigenvalue weighted by Crippen LogP contribution is 2.28. The maximum Gasteiger partial charge on any atom is 0.417 e. The Hall–Kier alpha value is -3.32. The van der Waals surface area contributed by atoms with Crippen LogP contribution in [0.15, 0.2) is 60.7 Å². The number of amides is 1. The third kappa shape index (κ3) is 6.58. The monoisotopic (exact) mass is 444 g/mol. The van der Waals surface area contributed by atoms with Crippen LogP contribution in [0.5, 0.6) is 5.75 Å². The Morgan fingerprint density at radius 2 is 1.84 bits per heavy atom. The number of anilines is 3. The summed E-state index contributed by atoms with van der Waals surface area (Å²) < 4.78 is 18.5. The largest absolute Gasteiger partial charge is 1.00 e. The lowest BCUT2D eigenvalue weighted by Gasteiger charge is -2.15. The predicted octanol–water partition coefficient (Wildman–Crippen LogP) is 1.96. The summed E-state index contributed by atoms with van der Waals surface area (Å²) in [6.07, 6.45) is 0.328. The number of nitrogens with two attached hydrogens (primary N) is 1. The van der Waals surface area contributed by atoms with Crippen molar-refractivity contribution < 1.29 is 31.3 Å². The van der Waals surface area contributed by atoms with E-state index < -0.39 is 6.09 Å². The number of hydrogen-bond acceptors (Lipinski definition) is 4. The Bertz CT molecular complexity index is 1010. The van der Waals surface area contributed by atoms with Crippen molar-refractivity contribution in [2.75, 3.05) is 16.4 Å². The Morgan fingerprint density at radius 3 is 2.52 bits per heavy atom. The third-order valence-corrected chi connectivity index (χ3v) is 4.87. The highest BCUT2D eigenvalue weighted by Gasteiger charge is 2.15.